The lowest BCUT2D eigenvalue weighted by Crippen LogP contribution is -2.30. The van der Waals surface area contributed by atoms with Crippen molar-refractivity contribution in [3.05, 3.63) is 89.5 Å². The number of fused-ring (bicyclic) bond motifs is 3. The number of aryl methyl sites for hydroxylation is 3. The van der Waals surface area contributed by atoms with Crippen molar-refractivity contribution in [2.24, 2.45) is 7.05 Å². The van der Waals surface area contributed by atoms with Crippen molar-refractivity contribution >= 4 is 21.9 Å². The van der Waals surface area contributed by atoms with Crippen molar-refractivity contribution in [3.8, 4) is 28.5 Å². The Morgan fingerprint density at radius 3 is 2.53 bits per heavy atom. The average Bonchev–Trinajstić information content (AvgIpc) is 3.21. The Hall–Kier alpha value is -3.90. The minimum Gasteiger partial charge on any atom is -0.454 e. The zero-order chi connectivity index (χ0) is 25.2. The molecule has 3 nitrogen and oxygen atoms in total. The summed E-state index contributed by atoms with van der Waals surface area (Å²) in [5, 5.41) is 11.2. The third kappa shape index (κ3) is 2.77. The van der Waals surface area contributed by atoms with Gasteiger partial charge in [0.15, 0.2) is 6.20 Å². The van der Waals surface area contributed by atoms with Gasteiger partial charge >= 0.3 is 0 Å². The lowest BCUT2D eigenvalue weighted by molar-refractivity contribution is -0.660. The smallest absolute Gasteiger partial charge is 0.216 e. The quantitative estimate of drug-likeness (QED) is 0.333. The molecule has 2 heterocycles. The summed E-state index contributed by atoms with van der Waals surface area (Å²) >= 11 is 0. The van der Waals surface area contributed by atoms with Crippen LogP contribution in [0.15, 0.2) is 77.2 Å². The lowest BCUT2D eigenvalue weighted by Gasteiger charge is -2.06. The highest BCUT2D eigenvalue weighted by atomic mass is 16.3. The minimum absolute atomic E-state index is 0.0107. The van der Waals surface area contributed by atoms with Crippen LogP contribution in [0.5, 0.6) is 0 Å². The molecule has 0 aliphatic carbocycles. The monoisotopic (exact) mass is 394 g/mol. The summed E-state index contributed by atoms with van der Waals surface area (Å²) in [4.78, 5) is 0. The number of furan rings is 1. The fraction of sp³-hybridized carbons (Fsp3) is 0.111. The van der Waals surface area contributed by atoms with Crippen molar-refractivity contribution in [2.45, 2.75) is 13.8 Å². The third-order valence-corrected chi connectivity index (χ3v) is 5.41. The molecule has 3 aromatic carbocycles. The van der Waals surface area contributed by atoms with Gasteiger partial charge in [0.2, 0.25) is 5.69 Å². The van der Waals surface area contributed by atoms with E-state index in [2.05, 4.69) is 12.1 Å². The predicted molar refractivity (Wildman–Crippen MR) is 120 cm³/mol. The molecule has 5 rings (SSSR count). The van der Waals surface area contributed by atoms with Crippen molar-refractivity contribution < 1.29 is 15.8 Å². The van der Waals surface area contributed by atoms with Gasteiger partial charge in [-0.1, -0.05) is 42.3 Å². The summed E-state index contributed by atoms with van der Waals surface area (Å²) in [5.74, 6) is 0. The number of nitrogens with zero attached hydrogens (tertiary/aromatic N) is 2. The number of benzene rings is 3. The molecular formula is C27H21N2O+. The predicted octanol–water partition coefficient (Wildman–Crippen LogP) is 6.23. The molecule has 0 fully saturated rings. The molecule has 2 aromatic heterocycles. The van der Waals surface area contributed by atoms with Crippen molar-refractivity contribution in [1.29, 1.82) is 5.26 Å². The molecule has 0 aliphatic rings. The van der Waals surface area contributed by atoms with E-state index >= 15 is 0 Å². The molecule has 0 amide bonds. The molecule has 5 aromatic rings. The zero-order valence-corrected chi connectivity index (χ0v) is 16.8. The van der Waals surface area contributed by atoms with Crippen molar-refractivity contribution in [1.82, 2.24) is 0 Å². The summed E-state index contributed by atoms with van der Waals surface area (Å²) in [6, 6.07) is 11.4. The minimum atomic E-state index is -0.467. The second-order valence-corrected chi connectivity index (χ2v) is 7.45. The van der Waals surface area contributed by atoms with E-state index in [1.807, 2.05) is 49.9 Å². The highest BCUT2D eigenvalue weighted by Gasteiger charge is 2.22. The Kier molecular flexibility index (Phi) is 3.05. The van der Waals surface area contributed by atoms with Gasteiger partial charge in [-0.25, -0.2) is 4.57 Å². The van der Waals surface area contributed by atoms with Gasteiger partial charge < -0.3 is 4.42 Å². The van der Waals surface area contributed by atoms with Crippen LogP contribution in [0.25, 0.3) is 44.3 Å². The third-order valence-electron chi connectivity index (χ3n) is 5.41. The molecule has 0 unspecified atom stereocenters. The van der Waals surface area contributed by atoms with E-state index in [9.17, 15) is 5.26 Å². The average molecular weight is 395 g/mol. The van der Waals surface area contributed by atoms with Gasteiger partial charge in [0.05, 0.1) is 24.0 Å². The van der Waals surface area contributed by atoms with Crippen LogP contribution < -0.4 is 4.57 Å². The Labute approximate surface area is 182 Å². The van der Waals surface area contributed by atoms with E-state index < -0.39 is 18.1 Å². The molecule has 144 valence electrons. The fourth-order valence-electron chi connectivity index (χ4n) is 3.92. The standard InChI is InChI=1S/C27H21N2O/c1-17-11-12-29(3)24(13-17)25-18(2)9-10-21-23-15-19(16-28)14-22(26(23)30-27(21)25)20-7-5-4-6-8-20/h4-15H,1-3H3/q+1/i4D,5D,6D,7D,8D. The number of hydrogen-bond donors (Lipinski definition) is 0. The van der Waals surface area contributed by atoms with Crippen LogP contribution in [-0.2, 0) is 7.05 Å². The Morgan fingerprint density at radius 2 is 1.77 bits per heavy atom. The summed E-state index contributed by atoms with van der Waals surface area (Å²) in [6.07, 6.45) is 1.98. The normalized spacial score (nSPS) is 13.5. The van der Waals surface area contributed by atoms with Gasteiger partial charge in [-0.05, 0) is 42.7 Å². The lowest BCUT2D eigenvalue weighted by atomic mass is 9.97. The molecule has 0 bridgehead atoms. The van der Waals surface area contributed by atoms with Crippen LogP contribution >= 0.6 is 0 Å². The summed E-state index contributed by atoms with van der Waals surface area (Å²) in [7, 11) is 1.96. The van der Waals surface area contributed by atoms with Crippen LogP contribution in [-0.4, -0.2) is 0 Å². The maximum atomic E-state index is 9.73. The van der Waals surface area contributed by atoms with Crippen LogP contribution in [0.3, 0.4) is 0 Å². The second-order valence-electron chi connectivity index (χ2n) is 7.45. The second kappa shape index (κ2) is 6.86. The van der Waals surface area contributed by atoms with E-state index in [-0.39, 0.29) is 17.6 Å². The molecule has 0 atom stereocenters. The first kappa shape index (κ1) is 13.3. The molecule has 0 radical (unpaired) electrons. The summed E-state index contributed by atoms with van der Waals surface area (Å²) in [6.45, 7) is 4.02. The van der Waals surface area contributed by atoms with E-state index in [1.165, 1.54) is 6.07 Å². The molecule has 0 N–H and O–H groups in total. The first-order chi connectivity index (χ1) is 16.6. The van der Waals surface area contributed by atoms with Crippen molar-refractivity contribution in [2.75, 3.05) is 0 Å². The summed E-state index contributed by atoms with van der Waals surface area (Å²) < 4.78 is 49.6. The van der Waals surface area contributed by atoms with E-state index in [4.69, 9.17) is 11.3 Å². The van der Waals surface area contributed by atoms with Gasteiger partial charge in [0.25, 0.3) is 0 Å². The van der Waals surface area contributed by atoms with E-state index in [1.54, 1.807) is 6.07 Å². The molecule has 0 saturated carbocycles. The summed E-state index contributed by atoms with van der Waals surface area (Å²) in [5.41, 5.74) is 5.56. The number of aromatic nitrogens is 1. The van der Waals surface area contributed by atoms with Gasteiger partial charge in [-0.3, -0.25) is 0 Å². The number of nitriles is 1. The van der Waals surface area contributed by atoms with Crippen LogP contribution in [0.2, 0.25) is 0 Å². The Bertz CT molecular complexity index is 1720. The van der Waals surface area contributed by atoms with Gasteiger partial charge in [0, 0.05) is 28.5 Å². The van der Waals surface area contributed by atoms with Gasteiger partial charge in [-0.2, -0.15) is 5.26 Å². The SMILES string of the molecule is [2H]c1c([2H])c([2H])c(-c2cc(C#N)cc3c2oc2c(-c4cc(C)cc[n+]4C)c(C)ccc23)c([2H])c1[2H]. The first-order valence-corrected chi connectivity index (χ1v) is 9.58. The van der Waals surface area contributed by atoms with E-state index in [0.717, 1.165) is 27.8 Å². The number of pyridine rings is 1. The zero-order valence-electron chi connectivity index (χ0n) is 21.8. The fourth-order valence-corrected chi connectivity index (χ4v) is 3.92. The van der Waals surface area contributed by atoms with Crippen LogP contribution in [0.4, 0.5) is 0 Å². The van der Waals surface area contributed by atoms with E-state index in [0.29, 0.717) is 27.7 Å². The van der Waals surface area contributed by atoms with Crippen LogP contribution in [0.1, 0.15) is 23.5 Å². The highest BCUT2D eigenvalue weighted by molar-refractivity contribution is 6.13. The number of hydrogen-bond acceptors (Lipinski definition) is 2. The van der Waals surface area contributed by atoms with Crippen molar-refractivity contribution in [3.63, 3.8) is 0 Å². The Balaban J connectivity index is 1.97. The molecule has 0 saturated heterocycles. The van der Waals surface area contributed by atoms with Crippen LogP contribution in [0, 0.1) is 25.2 Å². The number of rotatable bonds is 2. The molecule has 3 heteroatoms. The van der Waals surface area contributed by atoms with Gasteiger partial charge in [-0.15, -0.1) is 0 Å². The highest BCUT2D eigenvalue weighted by Crippen LogP contribution is 2.41. The first-order valence-electron chi connectivity index (χ1n) is 12.1. The Morgan fingerprint density at radius 1 is 0.967 bits per heavy atom. The maximum Gasteiger partial charge on any atom is 0.216 e. The topological polar surface area (TPSA) is 40.8 Å². The largest absolute Gasteiger partial charge is 0.454 e. The van der Waals surface area contributed by atoms with Gasteiger partial charge in [0.1, 0.15) is 18.2 Å². The molecule has 30 heavy (non-hydrogen) atoms. The molecular weight excluding hydrogens is 368 g/mol. The molecule has 0 aliphatic heterocycles. The molecule has 0 spiro atoms. The maximum absolute atomic E-state index is 9.73.